The molecule has 1 aliphatic heterocycles. The van der Waals surface area contributed by atoms with E-state index in [-0.39, 0.29) is 36.3 Å². The van der Waals surface area contributed by atoms with Gasteiger partial charge in [0, 0.05) is 30.6 Å². The summed E-state index contributed by atoms with van der Waals surface area (Å²) in [4.78, 5) is 20.5. The molecule has 2 heterocycles. The van der Waals surface area contributed by atoms with Gasteiger partial charge in [0.25, 0.3) is 0 Å². The van der Waals surface area contributed by atoms with E-state index in [2.05, 4.69) is 9.97 Å². The minimum atomic E-state index is -1.25. The predicted molar refractivity (Wildman–Crippen MR) is 77.4 cm³/mol. The van der Waals surface area contributed by atoms with Crippen LogP contribution in [0.5, 0.6) is 0 Å². The van der Waals surface area contributed by atoms with E-state index in [0.717, 1.165) is 11.8 Å². The maximum absolute atomic E-state index is 13.9. The van der Waals surface area contributed by atoms with Gasteiger partial charge in [-0.05, 0) is 30.2 Å². The van der Waals surface area contributed by atoms with Crippen LogP contribution in [0.2, 0.25) is 5.28 Å². The minimum Gasteiger partial charge on any atom is -0.336 e. The lowest BCUT2D eigenvalue weighted by Gasteiger charge is -2.16. The van der Waals surface area contributed by atoms with Crippen LogP contribution in [0.15, 0.2) is 12.1 Å². The van der Waals surface area contributed by atoms with Gasteiger partial charge in [-0.1, -0.05) is 0 Å². The van der Waals surface area contributed by atoms with E-state index < -0.39 is 23.4 Å². The van der Waals surface area contributed by atoms with E-state index in [1.165, 1.54) is 4.90 Å². The van der Waals surface area contributed by atoms with Crippen LogP contribution >= 0.6 is 11.6 Å². The van der Waals surface area contributed by atoms with Crippen molar-refractivity contribution in [1.29, 1.82) is 0 Å². The number of aryl methyl sites for hydroxylation is 1. The Hall–Kier alpha value is -2.02. The van der Waals surface area contributed by atoms with Crippen molar-refractivity contribution in [2.45, 2.75) is 25.8 Å². The number of nitrogens with zero attached hydrogens (tertiary/aromatic N) is 2. The smallest absolute Gasteiger partial charge is 0.223 e. The first-order chi connectivity index (χ1) is 10.8. The third-order valence-electron chi connectivity index (χ3n) is 3.97. The third kappa shape index (κ3) is 3.06. The van der Waals surface area contributed by atoms with Crippen molar-refractivity contribution in [1.82, 2.24) is 14.9 Å². The van der Waals surface area contributed by atoms with Crippen molar-refractivity contribution in [3.05, 3.63) is 51.8 Å². The molecule has 1 atom stereocenters. The Bertz CT molecular complexity index is 778. The number of aromatic amines is 1. The quantitative estimate of drug-likeness (QED) is 0.869. The monoisotopic (exact) mass is 343 g/mol. The van der Waals surface area contributed by atoms with Gasteiger partial charge < -0.3 is 9.88 Å². The van der Waals surface area contributed by atoms with Gasteiger partial charge in [-0.3, -0.25) is 4.79 Å². The van der Waals surface area contributed by atoms with Crippen LogP contribution in [0.4, 0.5) is 13.2 Å². The molecule has 1 aliphatic rings. The molecule has 1 N–H and O–H groups in total. The Labute approximate surface area is 135 Å². The van der Waals surface area contributed by atoms with Crippen molar-refractivity contribution in [3.63, 3.8) is 0 Å². The number of rotatable bonds is 3. The highest BCUT2D eigenvalue weighted by Crippen LogP contribution is 2.32. The average molecular weight is 344 g/mol. The second kappa shape index (κ2) is 5.88. The summed E-state index contributed by atoms with van der Waals surface area (Å²) >= 11 is 5.76. The summed E-state index contributed by atoms with van der Waals surface area (Å²) in [7, 11) is 0. The summed E-state index contributed by atoms with van der Waals surface area (Å²) in [5.74, 6) is -4.04. The highest BCUT2D eigenvalue weighted by atomic mass is 35.5. The summed E-state index contributed by atoms with van der Waals surface area (Å²) in [6, 6.07) is 1.43. The van der Waals surface area contributed by atoms with Crippen LogP contribution in [0.1, 0.15) is 29.3 Å². The molecule has 8 heteroatoms. The normalized spacial score (nSPS) is 18.0. The molecule has 0 bridgehead atoms. The largest absolute Gasteiger partial charge is 0.336 e. The van der Waals surface area contributed by atoms with E-state index >= 15 is 0 Å². The van der Waals surface area contributed by atoms with Gasteiger partial charge in [-0.15, -0.1) is 0 Å². The lowest BCUT2D eigenvalue weighted by Crippen LogP contribution is -2.25. The molecule has 1 unspecified atom stereocenters. The number of H-pyrrole nitrogens is 1. The maximum Gasteiger partial charge on any atom is 0.223 e. The van der Waals surface area contributed by atoms with Crippen molar-refractivity contribution < 1.29 is 18.0 Å². The SMILES string of the molecule is Cc1[nH]c(Cl)nc1CN1CC(c2cc(F)cc(F)c2F)CC1=O. The number of halogens is 4. The fourth-order valence-electron chi connectivity index (χ4n) is 2.80. The zero-order valence-electron chi connectivity index (χ0n) is 12.2. The Morgan fingerprint density at radius 3 is 2.78 bits per heavy atom. The van der Waals surface area contributed by atoms with Crippen LogP contribution < -0.4 is 0 Å². The van der Waals surface area contributed by atoms with Crippen LogP contribution in [-0.4, -0.2) is 27.3 Å². The molecule has 3 rings (SSSR count). The number of benzene rings is 1. The number of carbonyl (C=O) groups is 1. The Balaban J connectivity index is 1.81. The van der Waals surface area contributed by atoms with Crippen LogP contribution in [0.3, 0.4) is 0 Å². The number of hydrogen-bond acceptors (Lipinski definition) is 2. The van der Waals surface area contributed by atoms with Gasteiger partial charge in [0.1, 0.15) is 5.82 Å². The molecule has 0 spiro atoms. The molecule has 1 aromatic heterocycles. The topological polar surface area (TPSA) is 49.0 Å². The summed E-state index contributed by atoms with van der Waals surface area (Å²) in [6.45, 7) is 2.15. The van der Waals surface area contributed by atoms with Crippen LogP contribution in [-0.2, 0) is 11.3 Å². The molecule has 1 aromatic carbocycles. The Morgan fingerprint density at radius 2 is 2.13 bits per heavy atom. The molecule has 0 aliphatic carbocycles. The molecule has 0 radical (unpaired) electrons. The molecule has 0 saturated carbocycles. The number of likely N-dealkylation sites (tertiary alicyclic amines) is 1. The molecule has 1 amide bonds. The molecule has 122 valence electrons. The van der Waals surface area contributed by atoms with Crippen molar-refractivity contribution in [2.75, 3.05) is 6.54 Å². The number of carbonyl (C=O) groups excluding carboxylic acids is 1. The summed E-state index contributed by atoms with van der Waals surface area (Å²) in [6.07, 6.45) is -0.00296. The zero-order chi connectivity index (χ0) is 16.7. The summed E-state index contributed by atoms with van der Waals surface area (Å²) in [5, 5.41) is 0.221. The number of imidazole rings is 1. The molecule has 1 saturated heterocycles. The standard InChI is InChI=1S/C15H13ClF3N3O/c1-7-12(21-15(16)20-7)6-22-5-8(2-13(22)23)10-3-9(17)4-11(18)14(10)19/h3-4,8H,2,5-6H2,1H3,(H,20,21). The van der Waals surface area contributed by atoms with Crippen molar-refractivity contribution in [2.24, 2.45) is 0 Å². The van der Waals surface area contributed by atoms with Crippen molar-refractivity contribution >= 4 is 17.5 Å². The lowest BCUT2D eigenvalue weighted by atomic mass is 9.97. The first-order valence-corrected chi connectivity index (χ1v) is 7.36. The van der Waals surface area contributed by atoms with E-state index in [4.69, 9.17) is 11.6 Å². The Kier molecular flexibility index (Phi) is 4.06. The number of nitrogens with one attached hydrogen (secondary N) is 1. The van der Waals surface area contributed by atoms with E-state index in [9.17, 15) is 18.0 Å². The van der Waals surface area contributed by atoms with Gasteiger partial charge in [-0.2, -0.15) is 0 Å². The Morgan fingerprint density at radius 1 is 1.39 bits per heavy atom. The molecular weight excluding hydrogens is 331 g/mol. The zero-order valence-corrected chi connectivity index (χ0v) is 12.9. The number of hydrogen-bond donors (Lipinski definition) is 1. The van der Waals surface area contributed by atoms with Gasteiger partial charge >= 0.3 is 0 Å². The average Bonchev–Trinajstić information content (AvgIpc) is 2.98. The van der Waals surface area contributed by atoms with Crippen molar-refractivity contribution in [3.8, 4) is 0 Å². The van der Waals surface area contributed by atoms with E-state index in [1.807, 2.05) is 0 Å². The predicted octanol–water partition coefficient (Wildman–Crippen LogP) is 3.30. The first-order valence-electron chi connectivity index (χ1n) is 6.98. The molecular formula is C15H13ClF3N3O. The summed E-state index contributed by atoms with van der Waals surface area (Å²) in [5.41, 5.74) is 1.22. The first kappa shape index (κ1) is 15.9. The second-order valence-electron chi connectivity index (χ2n) is 5.57. The third-order valence-corrected chi connectivity index (χ3v) is 4.15. The molecule has 4 nitrogen and oxygen atoms in total. The van der Waals surface area contributed by atoms with E-state index in [1.54, 1.807) is 6.92 Å². The second-order valence-corrected chi connectivity index (χ2v) is 5.92. The van der Waals surface area contributed by atoms with Crippen LogP contribution in [0, 0.1) is 24.4 Å². The van der Waals surface area contributed by atoms with Gasteiger partial charge in [0.15, 0.2) is 11.6 Å². The number of aromatic nitrogens is 2. The summed E-state index contributed by atoms with van der Waals surface area (Å²) < 4.78 is 40.5. The van der Waals surface area contributed by atoms with Crippen LogP contribution in [0.25, 0.3) is 0 Å². The van der Waals surface area contributed by atoms with Gasteiger partial charge in [0.05, 0.1) is 12.2 Å². The fraction of sp³-hybridized carbons (Fsp3) is 0.333. The van der Waals surface area contributed by atoms with Gasteiger partial charge in [-0.25, -0.2) is 18.2 Å². The molecule has 23 heavy (non-hydrogen) atoms. The fourth-order valence-corrected chi connectivity index (χ4v) is 3.04. The minimum absolute atomic E-state index is 0.00296. The lowest BCUT2D eigenvalue weighted by molar-refractivity contribution is -0.128. The maximum atomic E-state index is 13.9. The highest BCUT2D eigenvalue weighted by molar-refractivity contribution is 6.28. The van der Waals surface area contributed by atoms with E-state index in [0.29, 0.717) is 11.8 Å². The van der Waals surface area contributed by atoms with Gasteiger partial charge in [0.2, 0.25) is 11.2 Å². The highest BCUT2D eigenvalue weighted by Gasteiger charge is 2.33. The molecule has 1 fully saturated rings. The number of amides is 1. The molecule has 2 aromatic rings.